The number of methoxy groups -OCH3 is 1. The minimum Gasteiger partial charge on any atom is -0.385 e. The van der Waals surface area contributed by atoms with Crippen LogP contribution in [0, 0.1) is 0 Å². The average molecular weight is 332 g/mol. The van der Waals surface area contributed by atoms with Gasteiger partial charge in [0.1, 0.15) is 5.82 Å². The van der Waals surface area contributed by atoms with Crippen LogP contribution >= 0.6 is 12.2 Å². The number of ether oxygens (including phenoxy) is 1. The van der Waals surface area contributed by atoms with E-state index in [0.717, 1.165) is 67.5 Å². The first-order valence-electron chi connectivity index (χ1n) is 8.24. The van der Waals surface area contributed by atoms with Crippen molar-refractivity contribution in [1.29, 1.82) is 0 Å². The van der Waals surface area contributed by atoms with Crippen molar-refractivity contribution in [2.24, 2.45) is 0 Å². The molecule has 0 bridgehead atoms. The summed E-state index contributed by atoms with van der Waals surface area (Å²) >= 11 is 5.53. The number of nitrogens with zero attached hydrogens (tertiary/aromatic N) is 2. The molecule has 0 spiro atoms. The van der Waals surface area contributed by atoms with Crippen LogP contribution in [0.25, 0.3) is 11.0 Å². The van der Waals surface area contributed by atoms with E-state index in [1.807, 2.05) is 12.1 Å². The van der Waals surface area contributed by atoms with Crippen molar-refractivity contribution in [3.05, 3.63) is 30.1 Å². The fourth-order valence-corrected chi connectivity index (χ4v) is 3.34. The predicted molar refractivity (Wildman–Crippen MR) is 96.7 cm³/mol. The van der Waals surface area contributed by atoms with E-state index in [1.54, 1.807) is 7.11 Å². The van der Waals surface area contributed by atoms with Crippen LogP contribution in [0.1, 0.15) is 31.0 Å². The number of H-pyrrole nitrogens is 1. The number of aromatic amines is 1. The first kappa shape index (κ1) is 16.2. The lowest BCUT2D eigenvalue weighted by Crippen LogP contribution is -2.45. The quantitative estimate of drug-likeness (QED) is 0.651. The molecule has 1 unspecified atom stereocenters. The van der Waals surface area contributed by atoms with Crippen molar-refractivity contribution in [2.45, 2.75) is 25.2 Å². The number of rotatable bonds is 5. The topological polar surface area (TPSA) is 53.2 Å². The molecule has 0 amide bonds. The van der Waals surface area contributed by atoms with E-state index in [-0.39, 0.29) is 0 Å². The smallest absolute Gasteiger partial charge is 0.168 e. The lowest BCUT2D eigenvalue weighted by Gasteiger charge is -2.33. The lowest BCUT2D eigenvalue weighted by atomic mass is 9.98. The number of likely N-dealkylation sites (tertiary alicyclic amines) is 1. The van der Waals surface area contributed by atoms with Crippen LogP contribution in [0.5, 0.6) is 0 Å². The maximum absolute atomic E-state index is 5.53. The largest absolute Gasteiger partial charge is 0.385 e. The Bertz CT molecular complexity index is 624. The predicted octanol–water partition coefficient (Wildman–Crippen LogP) is 2.65. The molecule has 3 rings (SSSR count). The van der Waals surface area contributed by atoms with Crippen molar-refractivity contribution in [3.8, 4) is 0 Å². The Balaban J connectivity index is 1.60. The van der Waals surface area contributed by atoms with Gasteiger partial charge in [-0.15, -0.1) is 0 Å². The standard InChI is InChI=1S/C17H24N4OS/c1-22-11-5-9-18-17(23)21-10-4-6-13(12-21)16-19-14-7-2-3-8-15(14)20-16/h2-3,7-8,13H,4-6,9-12H2,1H3,(H,18,23)(H,19,20). The van der Waals surface area contributed by atoms with E-state index >= 15 is 0 Å². The summed E-state index contributed by atoms with van der Waals surface area (Å²) in [6, 6.07) is 8.20. The van der Waals surface area contributed by atoms with Crippen LogP contribution in [0.4, 0.5) is 0 Å². The highest BCUT2D eigenvalue weighted by Gasteiger charge is 2.25. The monoisotopic (exact) mass is 332 g/mol. The van der Waals surface area contributed by atoms with E-state index in [9.17, 15) is 0 Å². The van der Waals surface area contributed by atoms with Crippen molar-refractivity contribution in [1.82, 2.24) is 20.2 Å². The summed E-state index contributed by atoms with van der Waals surface area (Å²) in [5, 5.41) is 4.18. The normalized spacial score (nSPS) is 18.3. The van der Waals surface area contributed by atoms with Crippen LogP contribution < -0.4 is 5.32 Å². The SMILES string of the molecule is COCCCNC(=S)N1CCCC(c2nc3ccccc3[nH]2)C1. The van der Waals surface area contributed by atoms with E-state index in [1.165, 1.54) is 0 Å². The fraction of sp³-hybridized carbons (Fsp3) is 0.529. The molecule has 124 valence electrons. The summed E-state index contributed by atoms with van der Waals surface area (Å²) in [5.74, 6) is 1.49. The molecule has 1 atom stereocenters. The number of piperidine rings is 1. The number of fused-ring (bicyclic) bond motifs is 1. The first-order chi connectivity index (χ1) is 11.3. The summed E-state index contributed by atoms with van der Waals surface area (Å²) in [6.07, 6.45) is 3.27. The van der Waals surface area contributed by atoms with Crippen molar-refractivity contribution in [3.63, 3.8) is 0 Å². The van der Waals surface area contributed by atoms with Crippen molar-refractivity contribution < 1.29 is 4.74 Å². The van der Waals surface area contributed by atoms with E-state index in [4.69, 9.17) is 21.9 Å². The first-order valence-corrected chi connectivity index (χ1v) is 8.65. The van der Waals surface area contributed by atoms with E-state index < -0.39 is 0 Å². The molecule has 0 radical (unpaired) electrons. The summed E-state index contributed by atoms with van der Waals surface area (Å²) in [7, 11) is 1.72. The Morgan fingerprint density at radius 2 is 2.35 bits per heavy atom. The molecule has 1 aliphatic rings. The molecule has 0 aliphatic carbocycles. The van der Waals surface area contributed by atoms with Gasteiger partial charge in [0.05, 0.1) is 11.0 Å². The van der Waals surface area contributed by atoms with Crippen LogP contribution in [-0.4, -0.2) is 53.3 Å². The highest BCUT2D eigenvalue weighted by atomic mass is 32.1. The molecule has 0 saturated carbocycles. The highest BCUT2D eigenvalue weighted by molar-refractivity contribution is 7.80. The fourth-order valence-electron chi connectivity index (χ4n) is 3.07. The van der Waals surface area contributed by atoms with Crippen LogP contribution in [0.2, 0.25) is 0 Å². The molecule has 1 saturated heterocycles. The Hall–Kier alpha value is -1.66. The van der Waals surface area contributed by atoms with Gasteiger partial charge in [-0.25, -0.2) is 4.98 Å². The second-order valence-electron chi connectivity index (χ2n) is 6.00. The number of imidazole rings is 1. The van der Waals surface area contributed by atoms with Crippen LogP contribution in [0.15, 0.2) is 24.3 Å². The second-order valence-corrected chi connectivity index (χ2v) is 6.39. The van der Waals surface area contributed by atoms with E-state index in [2.05, 4.69) is 27.3 Å². The zero-order chi connectivity index (χ0) is 16.1. The highest BCUT2D eigenvalue weighted by Crippen LogP contribution is 2.26. The van der Waals surface area contributed by atoms with Gasteiger partial charge in [-0.2, -0.15) is 0 Å². The van der Waals surface area contributed by atoms with Crippen LogP contribution in [0.3, 0.4) is 0 Å². The third-order valence-corrected chi connectivity index (χ3v) is 4.71. The Morgan fingerprint density at radius 3 is 3.17 bits per heavy atom. The van der Waals surface area contributed by atoms with Gasteiger partial charge < -0.3 is 19.9 Å². The van der Waals surface area contributed by atoms with Crippen molar-refractivity contribution >= 4 is 28.4 Å². The zero-order valence-electron chi connectivity index (χ0n) is 13.5. The summed E-state index contributed by atoms with van der Waals surface area (Å²) < 4.78 is 5.06. The Morgan fingerprint density at radius 1 is 1.48 bits per heavy atom. The number of aromatic nitrogens is 2. The minimum absolute atomic E-state index is 0.412. The van der Waals surface area contributed by atoms with Gasteiger partial charge in [-0.1, -0.05) is 12.1 Å². The molecular weight excluding hydrogens is 308 g/mol. The molecule has 1 aliphatic heterocycles. The number of hydrogen-bond donors (Lipinski definition) is 2. The third-order valence-electron chi connectivity index (χ3n) is 4.30. The van der Waals surface area contributed by atoms with Gasteiger partial charge >= 0.3 is 0 Å². The van der Waals surface area contributed by atoms with Gasteiger partial charge in [0.15, 0.2) is 5.11 Å². The average Bonchev–Trinajstić information content (AvgIpc) is 3.03. The number of hydrogen-bond acceptors (Lipinski definition) is 3. The number of para-hydroxylation sites is 2. The maximum Gasteiger partial charge on any atom is 0.168 e. The lowest BCUT2D eigenvalue weighted by molar-refractivity contribution is 0.195. The summed E-state index contributed by atoms with van der Waals surface area (Å²) in [4.78, 5) is 10.5. The molecule has 5 nitrogen and oxygen atoms in total. The molecule has 1 aromatic carbocycles. The van der Waals surface area contributed by atoms with Gasteiger partial charge in [0, 0.05) is 39.3 Å². The Labute approximate surface area is 142 Å². The van der Waals surface area contributed by atoms with Crippen molar-refractivity contribution in [2.75, 3.05) is 33.4 Å². The van der Waals surface area contributed by atoms with Gasteiger partial charge in [0.2, 0.25) is 0 Å². The number of benzene rings is 1. The molecule has 2 N–H and O–H groups in total. The molecule has 1 aromatic heterocycles. The van der Waals surface area contributed by atoms with E-state index in [0.29, 0.717) is 5.92 Å². The molecule has 1 fully saturated rings. The molecular formula is C17H24N4OS. The summed E-state index contributed by atoms with van der Waals surface area (Å²) in [5.41, 5.74) is 2.15. The number of thiocarbonyl (C=S) groups is 1. The minimum atomic E-state index is 0.412. The molecule has 2 heterocycles. The third kappa shape index (κ3) is 4.00. The van der Waals surface area contributed by atoms with Crippen LogP contribution in [-0.2, 0) is 4.74 Å². The Kier molecular flexibility index (Phi) is 5.46. The maximum atomic E-state index is 5.53. The number of nitrogens with one attached hydrogen (secondary N) is 2. The van der Waals surface area contributed by atoms with Gasteiger partial charge in [-0.05, 0) is 43.6 Å². The van der Waals surface area contributed by atoms with Gasteiger partial charge in [-0.3, -0.25) is 0 Å². The second kappa shape index (κ2) is 7.75. The van der Waals surface area contributed by atoms with Gasteiger partial charge in [0.25, 0.3) is 0 Å². The molecule has 23 heavy (non-hydrogen) atoms. The summed E-state index contributed by atoms with van der Waals surface area (Å²) in [6.45, 7) is 3.57. The molecule has 6 heteroatoms. The zero-order valence-corrected chi connectivity index (χ0v) is 14.4. The molecule has 2 aromatic rings.